The van der Waals surface area contributed by atoms with Crippen LogP contribution in [0, 0.1) is 13.8 Å². The molecule has 0 saturated carbocycles. The van der Waals surface area contributed by atoms with Crippen molar-refractivity contribution in [1.29, 1.82) is 0 Å². The van der Waals surface area contributed by atoms with Gasteiger partial charge in [-0.2, -0.15) is 12.8 Å². The molecule has 0 aliphatic heterocycles. The number of carboxylic acid groups (broad SMARTS) is 2. The summed E-state index contributed by atoms with van der Waals surface area (Å²) in [5.74, 6) is -2.62. The first kappa shape index (κ1) is 35.6. The molecule has 0 atom stereocenters. The van der Waals surface area contributed by atoms with E-state index in [1.807, 2.05) is 0 Å². The molecule has 0 amide bonds. The van der Waals surface area contributed by atoms with Crippen molar-refractivity contribution in [1.82, 2.24) is 0 Å². The van der Waals surface area contributed by atoms with Crippen LogP contribution in [0.25, 0.3) is 0 Å². The van der Waals surface area contributed by atoms with E-state index < -0.39 is 18.4 Å². The topological polar surface area (TPSA) is 74.6 Å². The number of unbranched alkanes of at least 4 members (excludes halogenated alkanes) is 14. The summed E-state index contributed by atoms with van der Waals surface area (Å²) in [5.41, 5.74) is 0. The molecule has 0 unspecified atom stereocenters. The fraction of sp³-hybridized carbons (Fsp3) is 0.826. The van der Waals surface area contributed by atoms with Crippen LogP contribution in [0.5, 0.6) is 0 Å². The molecule has 5 heteroatoms. The van der Waals surface area contributed by atoms with Crippen LogP contribution < -0.4 is 0 Å². The Balaban J connectivity index is -0.000000159. The smallest absolute Gasteiger partial charge is 0.481 e. The van der Waals surface area contributed by atoms with Crippen molar-refractivity contribution in [3.63, 3.8) is 0 Å². The van der Waals surface area contributed by atoms with E-state index in [9.17, 15) is 9.59 Å². The van der Waals surface area contributed by atoms with E-state index in [-0.39, 0.29) is 37.7 Å². The van der Waals surface area contributed by atoms with E-state index in [4.69, 9.17) is 10.2 Å². The Hall–Kier alpha value is 0.200. The van der Waals surface area contributed by atoms with Crippen LogP contribution in [0.3, 0.4) is 0 Å². The molecular formula is C23H46CaO4. The molecule has 0 aliphatic rings. The van der Waals surface area contributed by atoms with Gasteiger partial charge in [-0.05, 0) is 0 Å². The van der Waals surface area contributed by atoms with E-state index in [0.29, 0.717) is 0 Å². The number of hydrogen-bond donors (Lipinski definition) is 2. The molecule has 0 aliphatic carbocycles. The molecule has 0 rings (SSSR count). The van der Waals surface area contributed by atoms with E-state index in [1.165, 1.54) is 89.9 Å². The van der Waals surface area contributed by atoms with Crippen LogP contribution in [0.15, 0.2) is 0 Å². The van der Waals surface area contributed by atoms with Crippen LogP contribution in [0.1, 0.15) is 123 Å². The van der Waals surface area contributed by atoms with Gasteiger partial charge in [0.15, 0.2) is 0 Å². The zero-order valence-electron chi connectivity index (χ0n) is 18.9. The second kappa shape index (κ2) is 34.7. The normalized spacial score (nSPS) is 9.29. The number of carbonyl (C=O) groups is 2. The molecule has 28 heavy (non-hydrogen) atoms. The zero-order valence-corrected chi connectivity index (χ0v) is 21.1. The number of rotatable bonds is 16. The molecule has 0 aromatic heterocycles. The predicted molar refractivity (Wildman–Crippen MR) is 122 cm³/mol. The third kappa shape index (κ3) is 50.2. The largest absolute Gasteiger partial charge is 2.00 e. The molecule has 0 aromatic rings. The predicted octanol–water partition coefficient (Wildman–Crippen LogP) is 7.09. The molecule has 164 valence electrons. The van der Waals surface area contributed by atoms with Gasteiger partial charge in [0, 0.05) is 0 Å². The molecular weight excluding hydrogens is 380 g/mol. The maximum absolute atomic E-state index is 9.43. The van der Waals surface area contributed by atoms with Gasteiger partial charge in [0.2, 0.25) is 0 Å². The SMILES string of the molecule is O=C(O)CC(=O)O.[CH2-]CCCCCCC.[CH2-]CCCCCCCCCCC.[Ca+2]. The van der Waals surface area contributed by atoms with E-state index in [1.54, 1.807) is 0 Å². The van der Waals surface area contributed by atoms with Crippen molar-refractivity contribution >= 4 is 49.7 Å². The van der Waals surface area contributed by atoms with Crippen molar-refractivity contribution in [3.8, 4) is 0 Å². The first-order chi connectivity index (χ1) is 13.0. The minimum atomic E-state index is -1.31. The van der Waals surface area contributed by atoms with Gasteiger partial charge in [0.05, 0.1) is 0 Å². The van der Waals surface area contributed by atoms with Gasteiger partial charge < -0.3 is 24.1 Å². The van der Waals surface area contributed by atoms with E-state index in [2.05, 4.69) is 27.7 Å². The van der Waals surface area contributed by atoms with Gasteiger partial charge in [-0.1, -0.05) is 104 Å². The molecule has 0 heterocycles. The quantitative estimate of drug-likeness (QED) is 0.120. The molecule has 0 bridgehead atoms. The molecule has 4 nitrogen and oxygen atoms in total. The summed E-state index contributed by atoms with van der Waals surface area (Å²) < 4.78 is 0. The van der Waals surface area contributed by atoms with Crippen molar-refractivity contribution in [2.75, 3.05) is 0 Å². The summed E-state index contributed by atoms with van der Waals surface area (Å²) >= 11 is 0. The summed E-state index contributed by atoms with van der Waals surface area (Å²) in [7, 11) is 0. The third-order valence-corrected chi connectivity index (χ3v) is 4.01. The Morgan fingerprint density at radius 1 is 0.571 bits per heavy atom. The first-order valence-corrected chi connectivity index (χ1v) is 11.0. The average molecular weight is 427 g/mol. The van der Waals surface area contributed by atoms with Crippen LogP contribution in [0.2, 0.25) is 0 Å². The molecule has 0 aromatic carbocycles. The number of hydrogen-bond acceptors (Lipinski definition) is 2. The number of carboxylic acids is 2. The van der Waals surface area contributed by atoms with Gasteiger partial charge in [0.25, 0.3) is 0 Å². The average Bonchev–Trinajstić information content (AvgIpc) is 2.61. The number of aliphatic carboxylic acids is 2. The minimum Gasteiger partial charge on any atom is -0.481 e. The van der Waals surface area contributed by atoms with Crippen molar-refractivity contribution in [2.45, 2.75) is 123 Å². The molecule has 0 saturated heterocycles. The second-order valence-electron chi connectivity index (χ2n) is 6.91. The monoisotopic (exact) mass is 426 g/mol. The zero-order chi connectivity index (χ0) is 21.2. The minimum absolute atomic E-state index is 0. The fourth-order valence-corrected chi connectivity index (χ4v) is 2.40. The van der Waals surface area contributed by atoms with E-state index >= 15 is 0 Å². The maximum Gasteiger partial charge on any atom is 2.00 e. The summed E-state index contributed by atoms with van der Waals surface area (Å²) in [6.45, 7) is 12.1. The van der Waals surface area contributed by atoms with Crippen molar-refractivity contribution < 1.29 is 19.8 Å². The van der Waals surface area contributed by atoms with Crippen LogP contribution in [-0.2, 0) is 9.59 Å². The van der Waals surface area contributed by atoms with Crippen LogP contribution in [0.4, 0.5) is 0 Å². The van der Waals surface area contributed by atoms with Gasteiger partial charge in [-0.3, -0.25) is 9.59 Å². The summed E-state index contributed by atoms with van der Waals surface area (Å²) in [6, 6.07) is 0. The van der Waals surface area contributed by atoms with Crippen molar-refractivity contribution in [2.24, 2.45) is 0 Å². The Morgan fingerprint density at radius 2 is 0.821 bits per heavy atom. The molecule has 0 fully saturated rings. The molecule has 0 radical (unpaired) electrons. The summed E-state index contributed by atoms with van der Waals surface area (Å²) in [4.78, 5) is 18.9. The third-order valence-electron chi connectivity index (χ3n) is 4.01. The summed E-state index contributed by atoms with van der Waals surface area (Å²) in [6.07, 6.45) is 21.1. The molecule has 2 N–H and O–H groups in total. The van der Waals surface area contributed by atoms with Crippen LogP contribution >= 0.6 is 0 Å². The standard InChI is InChI=1S/C12H25.C8H17.C3H4O4.Ca/c1-3-5-7-9-11-12-10-8-6-4-2;1-3-5-7-8-6-4-2;4-2(5)1-3(6)7;/h1,3-12H2,2H3;1,3-8H2,2H3;1H2,(H,4,5)(H,6,7);/q2*-1;;+2. The molecule has 0 spiro atoms. The Morgan fingerprint density at radius 3 is 1.00 bits per heavy atom. The van der Waals surface area contributed by atoms with Crippen LogP contribution in [-0.4, -0.2) is 59.9 Å². The second-order valence-corrected chi connectivity index (χ2v) is 6.91. The van der Waals surface area contributed by atoms with Gasteiger partial charge in [-0.25, -0.2) is 0 Å². The van der Waals surface area contributed by atoms with Crippen molar-refractivity contribution in [3.05, 3.63) is 13.8 Å². The summed E-state index contributed by atoms with van der Waals surface area (Å²) in [5, 5.41) is 15.4. The Kier molecular flexibility index (Phi) is 44.1. The first-order valence-electron chi connectivity index (χ1n) is 11.0. The maximum atomic E-state index is 9.43. The van der Waals surface area contributed by atoms with Gasteiger partial charge >= 0.3 is 49.7 Å². The van der Waals surface area contributed by atoms with Gasteiger partial charge in [-0.15, -0.1) is 0 Å². The Labute approximate surface area is 205 Å². The van der Waals surface area contributed by atoms with Gasteiger partial charge in [0.1, 0.15) is 6.42 Å². The fourth-order valence-electron chi connectivity index (χ4n) is 2.40. The Bertz CT molecular complexity index is 268. The van der Waals surface area contributed by atoms with E-state index in [0.717, 1.165) is 12.8 Å².